The minimum absolute atomic E-state index is 0.249. The number of sulfonamides is 1. The Kier molecular flexibility index (Phi) is 6.09. The molecule has 0 aliphatic carbocycles. The van der Waals surface area contributed by atoms with Gasteiger partial charge in [-0.3, -0.25) is 0 Å². The van der Waals surface area contributed by atoms with Gasteiger partial charge in [-0.05, 0) is 24.1 Å². The molecule has 0 aliphatic rings. The topological polar surface area (TPSA) is 91.3 Å². The zero-order chi connectivity index (χ0) is 16.7. The molecule has 0 fully saturated rings. The lowest BCUT2D eigenvalue weighted by Gasteiger charge is -2.24. The molecule has 0 amide bonds. The van der Waals surface area contributed by atoms with Crippen LogP contribution in [0.3, 0.4) is 0 Å². The molecule has 0 saturated carbocycles. The first kappa shape index (κ1) is 17.4. The van der Waals surface area contributed by atoms with Crippen LogP contribution in [0.1, 0.15) is 17.9 Å². The van der Waals surface area contributed by atoms with Gasteiger partial charge in [0.15, 0.2) is 0 Å². The van der Waals surface area contributed by atoms with Crippen molar-refractivity contribution in [3.8, 4) is 0 Å². The summed E-state index contributed by atoms with van der Waals surface area (Å²) in [6.45, 7) is 0.249. The molecular formula is C16H21N3O3S. The first-order chi connectivity index (χ1) is 11.0. The van der Waals surface area contributed by atoms with E-state index in [4.69, 9.17) is 0 Å². The van der Waals surface area contributed by atoms with Crippen LogP contribution in [-0.2, 0) is 10.0 Å². The zero-order valence-electron chi connectivity index (χ0n) is 12.9. The summed E-state index contributed by atoms with van der Waals surface area (Å²) in [6.07, 6.45) is 2.33. The maximum absolute atomic E-state index is 11.2. The van der Waals surface area contributed by atoms with Crippen molar-refractivity contribution in [2.75, 3.05) is 18.1 Å². The van der Waals surface area contributed by atoms with Gasteiger partial charge in [0, 0.05) is 18.7 Å². The van der Waals surface area contributed by atoms with Crippen molar-refractivity contribution in [3.63, 3.8) is 0 Å². The van der Waals surface area contributed by atoms with E-state index in [0.717, 1.165) is 11.8 Å². The summed E-state index contributed by atoms with van der Waals surface area (Å²) >= 11 is 0. The fourth-order valence-electron chi connectivity index (χ4n) is 2.31. The number of benzene rings is 1. The van der Waals surface area contributed by atoms with Crippen molar-refractivity contribution >= 4 is 15.8 Å². The molecule has 1 aromatic heterocycles. The van der Waals surface area contributed by atoms with Crippen molar-refractivity contribution in [1.82, 2.24) is 9.71 Å². The zero-order valence-corrected chi connectivity index (χ0v) is 13.7. The third-order valence-electron chi connectivity index (χ3n) is 3.39. The summed E-state index contributed by atoms with van der Waals surface area (Å²) in [5.74, 6) is 0.296. The lowest BCUT2D eigenvalue weighted by atomic mass is 9.94. The van der Waals surface area contributed by atoms with Gasteiger partial charge in [-0.1, -0.05) is 36.4 Å². The predicted molar refractivity (Wildman–Crippen MR) is 90.5 cm³/mol. The Hall–Kier alpha value is -1.96. The standard InChI is InChI=1S/C16H21N3O3S/c1-23(21,22)18-12-10-14(13-7-3-2-4-8-13)16(20)19-15-9-5-6-11-17-15/h2-9,11,14,16,18,20H,10,12H2,1H3,(H,17,19). The number of pyridine rings is 1. The fourth-order valence-corrected chi connectivity index (χ4v) is 2.80. The molecule has 0 radical (unpaired) electrons. The second kappa shape index (κ2) is 8.05. The van der Waals surface area contributed by atoms with Gasteiger partial charge in [-0.2, -0.15) is 0 Å². The summed E-state index contributed by atoms with van der Waals surface area (Å²) in [7, 11) is -3.25. The SMILES string of the molecule is CS(=O)(=O)NCCC(c1ccccc1)C(O)Nc1ccccn1. The lowest BCUT2D eigenvalue weighted by Crippen LogP contribution is -2.31. The van der Waals surface area contributed by atoms with Crippen LogP contribution in [0.5, 0.6) is 0 Å². The lowest BCUT2D eigenvalue weighted by molar-refractivity contribution is 0.166. The predicted octanol–water partition coefficient (Wildman–Crippen LogP) is 1.53. The highest BCUT2D eigenvalue weighted by Gasteiger charge is 2.21. The molecule has 0 bridgehead atoms. The number of nitrogens with zero attached hydrogens (tertiary/aromatic N) is 1. The van der Waals surface area contributed by atoms with Gasteiger partial charge in [-0.15, -0.1) is 0 Å². The smallest absolute Gasteiger partial charge is 0.208 e. The fraction of sp³-hybridized carbons (Fsp3) is 0.312. The average Bonchev–Trinajstić information content (AvgIpc) is 2.52. The summed E-state index contributed by atoms with van der Waals surface area (Å²) in [5, 5.41) is 13.5. The Morgan fingerprint density at radius 2 is 1.83 bits per heavy atom. The van der Waals surface area contributed by atoms with Crippen molar-refractivity contribution in [1.29, 1.82) is 0 Å². The first-order valence-corrected chi connectivity index (χ1v) is 9.20. The minimum Gasteiger partial charge on any atom is -0.373 e. The number of nitrogens with one attached hydrogen (secondary N) is 2. The molecule has 1 aromatic carbocycles. The van der Waals surface area contributed by atoms with E-state index in [1.165, 1.54) is 0 Å². The summed E-state index contributed by atoms with van der Waals surface area (Å²) in [4.78, 5) is 4.13. The van der Waals surface area contributed by atoms with E-state index in [9.17, 15) is 13.5 Å². The van der Waals surface area contributed by atoms with Gasteiger partial charge in [0.2, 0.25) is 10.0 Å². The second-order valence-electron chi connectivity index (χ2n) is 5.28. The van der Waals surface area contributed by atoms with Crippen molar-refractivity contribution in [2.24, 2.45) is 0 Å². The number of aliphatic hydroxyl groups is 1. The van der Waals surface area contributed by atoms with Gasteiger partial charge in [0.1, 0.15) is 12.0 Å². The average molecular weight is 335 g/mol. The molecule has 3 N–H and O–H groups in total. The Morgan fingerprint density at radius 1 is 1.13 bits per heavy atom. The maximum Gasteiger partial charge on any atom is 0.208 e. The molecule has 6 nitrogen and oxygen atoms in total. The summed E-state index contributed by atoms with van der Waals surface area (Å²) < 4.78 is 24.9. The van der Waals surface area contributed by atoms with Gasteiger partial charge in [0.25, 0.3) is 0 Å². The molecule has 0 spiro atoms. The molecule has 2 rings (SSSR count). The highest BCUT2D eigenvalue weighted by Crippen LogP contribution is 2.24. The monoisotopic (exact) mass is 335 g/mol. The number of anilines is 1. The number of aromatic nitrogens is 1. The largest absolute Gasteiger partial charge is 0.373 e. The molecule has 7 heteroatoms. The Bertz CT molecular complexity index is 693. The van der Waals surface area contributed by atoms with E-state index in [2.05, 4.69) is 15.0 Å². The molecule has 0 saturated heterocycles. The highest BCUT2D eigenvalue weighted by molar-refractivity contribution is 7.88. The van der Waals surface area contributed by atoms with Crippen LogP contribution in [0.2, 0.25) is 0 Å². The van der Waals surface area contributed by atoms with Crippen molar-refractivity contribution < 1.29 is 13.5 Å². The number of hydrogen-bond acceptors (Lipinski definition) is 5. The van der Waals surface area contributed by atoms with Crippen LogP contribution in [-0.4, -0.2) is 37.5 Å². The molecule has 0 aliphatic heterocycles. The van der Waals surface area contributed by atoms with Crippen LogP contribution in [0, 0.1) is 0 Å². The van der Waals surface area contributed by atoms with Crippen molar-refractivity contribution in [2.45, 2.75) is 18.6 Å². The Morgan fingerprint density at radius 3 is 2.43 bits per heavy atom. The Labute approximate surface area is 136 Å². The highest BCUT2D eigenvalue weighted by atomic mass is 32.2. The van der Waals surface area contributed by atoms with E-state index >= 15 is 0 Å². The molecule has 23 heavy (non-hydrogen) atoms. The quantitative estimate of drug-likeness (QED) is 0.637. The van der Waals surface area contributed by atoms with Crippen molar-refractivity contribution in [3.05, 3.63) is 60.3 Å². The van der Waals surface area contributed by atoms with Crippen LogP contribution in [0.25, 0.3) is 0 Å². The number of hydrogen-bond donors (Lipinski definition) is 3. The third kappa shape index (κ3) is 5.97. The first-order valence-electron chi connectivity index (χ1n) is 7.31. The van der Waals surface area contributed by atoms with Crippen LogP contribution >= 0.6 is 0 Å². The molecule has 124 valence electrons. The Balaban J connectivity index is 2.09. The summed E-state index contributed by atoms with van der Waals surface area (Å²) in [6, 6.07) is 14.9. The van der Waals surface area contributed by atoms with Gasteiger partial charge >= 0.3 is 0 Å². The number of rotatable bonds is 8. The van der Waals surface area contributed by atoms with Gasteiger partial charge in [0.05, 0.1) is 6.26 Å². The van der Waals surface area contributed by atoms with E-state index in [-0.39, 0.29) is 12.5 Å². The second-order valence-corrected chi connectivity index (χ2v) is 7.11. The van der Waals surface area contributed by atoms with Crippen LogP contribution < -0.4 is 10.0 Å². The van der Waals surface area contributed by atoms with E-state index < -0.39 is 16.3 Å². The molecule has 2 atom stereocenters. The molecule has 2 unspecified atom stereocenters. The van der Waals surface area contributed by atoms with E-state index in [1.54, 1.807) is 18.3 Å². The van der Waals surface area contributed by atoms with Gasteiger partial charge < -0.3 is 10.4 Å². The van der Waals surface area contributed by atoms with Crippen LogP contribution in [0.15, 0.2) is 54.7 Å². The maximum atomic E-state index is 11.2. The number of aliphatic hydroxyl groups excluding tert-OH is 1. The normalized spacial score (nSPS) is 14.2. The summed E-state index contributed by atoms with van der Waals surface area (Å²) in [5.41, 5.74) is 0.929. The van der Waals surface area contributed by atoms with E-state index in [0.29, 0.717) is 12.2 Å². The molecule has 2 aromatic rings. The van der Waals surface area contributed by atoms with Crippen LogP contribution in [0.4, 0.5) is 5.82 Å². The molecule has 1 heterocycles. The van der Waals surface area contributed by atoms with E-state index in [1.807, 2.05) is 36.4 Å². The third-order valence-corrected chi connectivity index (χ3v) is 4.12. The minimum atomic E-state index is -3.25. The van der Waals surface area contributed by atoms with Gasteiger partial charge in [-0.25, -0.2) is 18.1 Å². The molecular weight excluding hydrogens is 314 g/mol.